The second kappa shape index (κ2) is 5.75. The zero-order chi connectivity index (χ0) is 12.9. The third-order valence-corrected chi connectivity index (χ3v) is 2.04. The Bertz CT molecular complexity index is 365. The van der Waals surface area contributed by atoms with E-state index in [1.807, 2.05) is 0 Å². The molecule has 0 aromatic rings. The Balaban J connectivity index is 4.55. The van der Waals surface area contributed by atoms with Gasteiger partial charge in [0.05, 0.1) is 12.5 Å². The molecule has 16 heavy (non-hydrogen) atoms. The predicted molar refractivity (Wildman–Crippen MR) is 50.5 cm³/mol. The van der Waals surface area contributed by atoms with Crippen molar-refractivity contribution in [2.45, 2.75) is 25.0 Å². The van der Waals surface area contributed by atoms with Crippen molar-refractivity contribution in [2.24, 2.45) is 11.5 Å². The van der Waals surface area contributed by atoms with Gasteiger partial charge < -0.3 is 16.6 Å². The highest BCUT2D eigenvalue weighted by Crippen LogP contribution is 2.09. The van der Waals surface area contributed by atoms with Crippen molar-refractivity contribution in [3.05, 3.63) is 0 Å². The highest BCUT2D eigenvalue weighted by atomic mass is 32.3. The summed E-state index contributed by atoms with van der Waals surface area (Å²) in [7, 11) is -4.80. The molecule has 0 aliphatic rings. The summed E-state index contributed by atoms with van der Waals surface area (Å²) in [6, 6.07) is -1.42. The van der Waals surface area contributed by atoms with Gasteiger partial charge in [-0.05, 0) is 0 Å². The standard InChI is InChI=1S/C6H12N2O7S/c7-4(6(10)11)1-3(2-5(8)9)15-16(12,13)14/h3-4H,1-2,7H2,(H2,8,9)(H,10,11)(H,12,13,14)/t3-,4+/m1/s1. The smallest absolute Gasteiger partial charge is 0.397 e. The predicted octanol–water partition coefficient (Wildman–Crippen LogP) is -2.15. The molecule has 0 aliphatic carbocycles. The molecular formula is C6H12N2O7S. The van der Waals surface area contributed by atoms with Gasteiger partial charge in [0.15, 0.2) is 0 Å². The van der Waals surface area contributed by atoms with Gasteiger partial charge in [-0.3, -0.25) is 14.1 Å². The Labute approximate surface area is 91.3 Å². The second-order valence-corrected chi connectivity index (χ2v) is 4.04. The Kier molecular flexibility index (Phi) is 5.30. The largest absolute Gasteiger partial charge is 0.480 e. The molecule has 0 heterocycles. The summed E-state index contributed by atoms with van der Waals surface area (Å²) in [6.45, 7) is 0. The number of carboxylic acid groups (broad SMARTS) is 1. The topological polar surface area (TPSA) is 170 Å². The number of hydrogen-bond acceptors (Lipinski definition) is 6. The molecule has 0 aromatic heterocycles. The van der Waals surface area contributed by atoms with Gasteiger partial charge in [-0.2, -0.15) is 8.42 Å². The molecule has 10 heteroatoms. The summed E-state index contributed by atoms with van der Waals surface area (Å²) in [6.07, 6.45) is -2.45. The van der Waals surface area contributed by atoms with Gasteiger partial charge in [-0.1, -0.05) is 0 Å². The normalized spacial score (nSPS) is 15.4. The molecule has 1 amide bonds. The van der Waals surface area contributed by atoms with Crippen LogP contribution in [0.25, 0.3) is 0 Å². The van der Waals surface area contributed by atoms with Gasteiger partial charge in [-0.25, -0.2) is 4.18 Å². The zero-order valence-corrected chi connectivity index (χ0v) is 8.88. The van der Waals surface area contributed by atoms with E-state index in [1.54, 1.807) is 0 Å². The molecule has 0 rings (SSSR count). The lowest BCUT2D eigenvalue weighted by Gasteiger charge is -2.15. The van der Waals surface area contributed by atoms with Gasteiger partial charge in [0.2, 0.25) is 5.91 Å². The molecule has 0 aliphatic heterocycles. The SMILES string of the molecule is NC(=O)C[C@@H](C[C@H](N)C(=O)O)OS(=O)(=O)O. The van der Waals surface area contributed by atoms with Crippen LogP contribution in [0.4, 0.5) is 0 Å². The fourth-order valence-corrected chi connectivity index (χ4v) is 1.43. The molecule has 6 N–H and O–H groups in total. The third kappa shape index (κ3) is 7.11. The van der Waals surface area contributed by atoms with Crippen molar-refractivity contribution in [1.29, 1.82) is 0 Å². The van der Waals surface area contributed by atoms with E-state index in [4.69, 9.17) is 21.1 Å². The van der Waals surface area contributed by atoms with Crippen molar-refractivity contribution in [1.82, 2.24) is 0 Å². The van der Waals surface area contributed by atoms with Crippen LogP contribution in [-0.2, 0) is 24.2 Å². The molecular weight excluding hydrogens is 244 g/mol. The van der Waals surface area contributed by atoms with Crippen LogP contribution < -0.4 is 11.5 Å². The summed E-state index contributed by atoms with van der Waals surface area (Å²) in [5.41, 5.74) is 9.88. The lowest BCUT2D eigenvalue weighted by Crippen LogP contribution is -2.37. The van der Waals surface area contributed by atoms with Crippen LogP contribution in [0.1, 0.15) is 12.8 Å². The van der Waals surface area contributed by atoms with E-state index in [9.17, 15) is 18.0 Å². The first-order valence-electron chi connectivity index (χ1n) is 4.04. The first-order valence-corrected chi connectivity index (χ1v) is 5.40. The molecule has 0 radical (unpaired) electrons. The minimum absolute atomic E-state index is 0.474. The molecule has 0 unspecified atom stereocenters. The van der Waals surface area contributed by atoms with Crippen LogP contribution in [0, 0.1) is 0 Å². The number of primary amides is 1. The van der Waals surface area contributed by atoms with Crippen molar-refractivity contribution in [3.63, 3.8) is 0 Å². The molecule has 0 spiro atoms. The maximum absolute atomic E-state index is 10.5. The average molecular weight is 256 g/mol. The van der Waals surface area contributed by atoms with Crippen molar-refractivity contribution in [3.8, 4) is 0 Å². The number of aliphatic carboxylic acids is 1. The van der Waals surface area contributed by atoms with Crippen molar-refractivity contribution in [2.75, 3.05) is 0 Å². The van der Waals surface area contributed by atoms with E-state index in [1.165, 1.54) is 0 Å². The number of carbonyl (C=O) groups is 2. The highest BCUT2D eigenvalue weighted by molar-refractivity contribution is 7.80. The molecule has 0 aromatic carbocycles. The molecule has 0 saturated heterocycles. The minimum atomic E-state index is -4.80. The van der Waals surface area contributed by atoms with E-state index in [-0.39, 0.29) is 0 Å². The Morgan fingerprint density at radius 3 is 2.19 bits per heavy atom. The van der Waals surface area contributed by atoms with E-state index in [0.29, 0.717) is 0 Å². The second-order valence-electron chi connectivity index (χ2n) is 3.00. The van der Waals surface area contributed by atoms with Gasteiger partial charge >= 0.3 is 16.4 Å². The molecule has 9 nitrogen and oxygen atoms in total. The number of amides is 1. The van der Waals surface area contributed by atoms with Crippen LogP contribution >= 0.6 is 0 Å². The van der Waals surface area contributed by atoms with E-state index in [2.05, 4.69) is 4.18 Å². The number of hydrogen-bond donors (Lipinski definition) is 4. The number of rotatable bonds is 7. The Morgan fingerprint density at radius 2 is 1.88 bits per heavy atom. The van der Waals surface area contributed by atoms with Gasteiger partial charge in [0.25, 0.3) is 0 Å². The summed E-state index contributed by atoms with van der Waals surface area (Å²) in [4.78, 5) is 20.9. The maximum atomic E-state index is 10.5. The first-order chi connectivity index (χ1) is 7.11. The summed E-state index contributed by atoms with van der Waals surface area (Å²) in [5.74, 6) is -2.31. The average Bonchev–Trinajstić information content (AvgIpc) is 1.98. The fourth-order valence-electron chi connectivity index (χ4n) is 0.937. The summed E-state index contributed by atoms with van der Waals surface area (Å²) >= 11 is 0. The van der Waals surface area contributed by atoms with Crippen molar-refractivity contribution >= 4 is 22.3 Å². The van der Waals surface area contributed by atoms with Crippen LogP contribution in [-0.4, -0.2) is 42.1 Å². The lowest BCUT2D eigenvalue weighted by molar-refractivity contribution is -0.139. The number of nitrogens with two attached hydrogens (primary N) is 2. The van der Waals surface area contributed by atoms with Crippen LogP contribution in [0.5, 0.6) is 0 Å². The minimum Gasteiger partial charge on any atom is -0.480 e. The van der Waals surface area contributed by atoms with Crippen LogP contribution in [0.3, 0.4) is 0 Å². The van der Waals surface area contributed by atoms with E-state index in [0.717, 1.165) is 0 Å². The Morgan fingerprint density at radius 1 is 1.38 bits per heavy atom. The van der Waals surface area contributed by atoms with Crippen LogP contribution in [0.2, 0.25) is 0 Å². The monoisotopic (exact) mass is 256 g/mol. The Hall–Kier alpha value is -1.23. The fraction of sp³-hybridized carbons (Fsp3) is 0.667. The molecule has 0 saturated carbocycles. The van der Waals surface area contributed by atoms with Gasteiger partial charge in [0.1, 0.15) is 6.04 Å². The van der Waals surface area contributed by atoms with E-state index < -0.39 is 47.3 Å². The van der Waals surface area contributed by atoms with Crippen LogP contribution in [0.15, 0.2) is 0 Å². The van der Waals surface area contributed by atoms with Gasteiger partial charge in [-0.15, -0.1) is 0 Å². The number of carbonyl (C=O) groups excluding carboxylic acids is 1. The van der Waals surface area contributed by atoms with E-state index >= 15 is 0 Å². The molecule has 94 valence electrons. The third-order valence-electron chi connectivity index (χ3n) is 1.52. The highest BCUT2D eigenvalue weighted by Gasteiger charge is 2.25. The molecule has 0 fully saturated rings. The lowest BCUT2D eigenvalue weighted by atomic mass is 10.1. The molecule has 0 bridgehead atoms. The summed E-state index contributed by atoms with van der Waals surface area (Å²) < 4.78 is 33.2. The summed E-state index contributed by atoms with van der Waals surface area (Å²) in [5, 5.41) is 8.45. The maximum Gasteiger partial charge on any atom is 0.397 e. The quantitative estimate of drug-likeness (QED) is 0.373. The number of carboxylic acids is 1. The van der Waals surface area contributed by atoms with Gasteiger partial charge in [0, 0.05) is 6.42 Å². The first kappa shape index (κ1) is 14.8. The molecule has 2 atom stereocenters. The van der Waals surface area contributed by atoms with Crippen molar-refractivity contribution < 1.29 is 31.8 Å². The zero-order valence-electron chi connectivity index (χ0n) is 8.07.